The van der Waals surface area contributed by atoms with Crippen LogP contribution in [0.3, 0.4) is 0 Å². The van der Waals surface area contributed by atoms with E-state index in [-0.39, 0.29) is 5.56 Å². The Hall–Kier alpha value is -2.76. The highest BCUT2D eigenvalue weighted by atomic mass is 32.3. The van der Waals surface area contributed by atoms with Crippen molar-refractivity contribution in [2.45, 2.75) is 11.7 Å². The van der Waals surface area contributed by atoms with E-state index in [0.717, 1.165) is 12.1 Å². The summed E-state index contributed by atoms with van der Waals surface area (Å²) in [7, 11) is -5.36. The standard InChI is InChI=1S/C19H13F6NO3S/c20-18(21,22)14-7-4-11(5-8-14)15-3-1-2-12-10-13(6-9-16(12)15)17(27)26-30(28,29)19(23,24)25/h1-10,28-29H,(H,26,27). The number of benzene rings is 3. The molecule has 11 heteroatoms. The number of fused-ring (bicyclic) bond motifs is 1. The Labute approximate surface area is 167 Å². The van der Waals surface area contributed by atoms with Crippen LogP contribution in [0, 0.1) is 0 Å². The number of alkyl halides is 6. The lowest BCUT2D eigenvalue weighted by Crippen LogP contribution is -2.36. The van der Waals surface area contributed by atoms with E-state index in [1.165, 1.54) is 35.1 Å². The summed E-state index contributed by atoms with van der Waals surface area (Å²) in [4.78, 5) is 12.0. The van der Waals surface area contributed by atoms with E-state index in [2.05, 4.69) is 0 Å². The molecule has 1 amide bonds. The van der Waals surface area contributed by atoms with Gasteiger partial charge in [-0.1, -0.05) is 36.4 Å². The molecule has 3 N–H and O–H groups in total. The minimum atomic E-state index is -5.42. The molecule has 0 radical (unpaired) electrons. The minimum absolute atomic E-state index is 0.253. The summed E-state index contributed by atoms with van der Waals surface area (Å²) in [6.07, 6.45) is -4.48. The molecule has 0 aliphatic carbocycles. The predicted molar refractivity (Wildman–Crippen MR) is 101 cm³/mol. The van der Waals surface area contributed by atoms with Crippen molar-refractivity contribution in [3.63, 3.8) is 0 Å². The van der Waals surface area contributed by atoms with Gasteiger partial charge in [0.15, 0.2) is 0 Å². The number of carbonyl (C=O) groups is 1. The number of hydrogen-bond acceptors (Lipinski definition) is 3. The third-order valence-electron chi connectivity index (χ3n) is 4.22. The van der Waals surface area contributed by atoms with Gasteiger partial charge in [-0.05, 0) is 56.9 Å². The van der Waals surface area contributed by atoms with Gasteiger partial charge in [-0.3, -0.25) is 13.9 Å². The van der Waals surface area contributed by atoms with Crippen LogP contribution < -0.4 is 4.72 Å². The maximum absolute atomic E-state index is 12.7. The molecule has 4 nitrogen and oxygen atoms in total. The topological polar surface area (TPSA) is 69.6 Å². The fourth-order valence-corrected chi connectivity index (χ4v) is 3.25. The molecule has 0 aliphatic heterocycles. The van der Waals surface area contributed by atoms with Crippen molar-refractivity contribution in [1.82, 2.24) is 4.72 Å². The molecular weight excluding hydrogens is 436 g/mol. The van der Waals surface area contributed by atoms with Crippen molar-refractivity contribution in [3.8, 4) is 11.1 Å². The Morgan fingerprint density at radius 2 is 1.50 bits per heavy atom. The smallest absolute Gasteiger partial charge is 0.275 e. The Bertz CT molecular complexity index is 1090. The average molecular weight is 449 g/mol. The van der Waals surface area contributed by atoms with E-state index in [1.807, 2.05) is 0 Å². The zero-order chi connectivity index (χ0) is 22.3. The van der Waals surface area contributed by atoms with E-state index < -0.39 is 33.9 Å². The summed E-state index contributed by atoms with van der Waals surface area (Å²) in [5, 5.41) is 0.958. The normalized spacial score (nSPS) is 13.3. The zero-order valence-electron chi connectivity index (χ0n) is 14.8. The van der Waals surface area contributed by atoms with E-state index in [1.54, 1.807) is 18.2 Å². The van der Waals surface area contributed by atoms with Crippen molar-refractivity contribution in [2.75, 3.05) is 0 Å². The van der Waals surface area contributed by atoms with Gasteiger partial charge >= 0.3 is 11.7 Å². The van der Waals surface area contributed by atoms with Crippen LogP contribution >= 0.6 is 10.8 Å². The summed E-state index contributed by atoms with van der Waals surface area (Å²) in [5.41, 5.74) is -5.47. The fraction of sp³-hybridized carbons (Fsp3) is 0.105. The number of amides is 1. The van der Waals surface area contributed by atoms with Gasteiger partial charge in [0.1, 0.15) is 0 Å². The van der Waals surface area contributed by atoms with Gasteiger partial charge in [0.05, 0.1) is 5.56 Å². The van der Waals surface area contributed by atoms with Crippen LogP contribution in [0.25, 0.3) is 21.9 Å². The van der Waals surface area contributed by atoms with Crippen molar-refractivity contribution in [2.24, 2.45) is 0 Å². The van der Waals surface area contributed by atoms with Crippen molar-refractivity contribution >= 4 is 27.5 Å². The fourth-order valence-electron chi connectivity index (χ4n) is 2.76. The second-order valence-electron chi connectivity index (χ2n) is 6.24. The summed E-state index contributed by atoms with van der Waals surface area (Å²) >= 11 is 0. The van der Waals surface area contributed by atoms with Gasteiger partial charge in [0.2, 0.25) is 0 Å². The Kier molecular flexibility index (Phi) is 5.48. The van der Waals surface area contributed by atoms with Crippen LogP contribution in [-0.2, 0) is 6.18 Å². The van der Waals surface area contributed by atoms with Crippen LogP contribution in [0.4, 0.5) is 26.3 Å². The van der Waals surface area contributed by atoms with E-state index in [9.17, 15) is 31.1 Å². The highest BCUT2D eigenvalue weighted by molar-refractivity contribution is 8.23. The molecule has 3 rings (SSSR count). The first-order chi connectivity index (χ1) is 13.8. The number of halogens is 6. The number of carbonyl (C=O) groups excluding carboxylic acids is 1. The summed E-state index contributed by atoms with van der Waals surface area (Å²) in [5.74, 6) is -1.34. The van der Waals surface area contributed by atoms with Gasteiger partial charge in [0.25, 0.3) is 5.91 Å². The lowest BCUT2D eigenvalue weighted by Gasteiger charge is -2.33. The Balaban J connectivity index is 1.95. The molecule has 3 aromatic carbocycles. The highest BCUT2D eigenvalue weighted by Crippen LogP contribution is 2.52. The molecule has 30 heavy (non-hydrogen) atoms. The summed E-state index contributed by atoms with van der Waals surface area (Å²) in [6, 6.07) is 13.0. The minimum Gasteiger partial charge on any atom is -0.275 e. The van der Waals surface area contributed by atoms with E-state index in [0.29, 0.717) is 21.9 Å². The molecule has 0 atom stereocenters. The molecular formula is C19H13F6NO3S. The Morgan fingerprint density at radius 3 is 2.07 bits per heavy atom. The average Bonchev–Trinajstić information content (AvgIpc) is 2.65. The molecule has 0 bridgehead atoms. The quantitative estimate of drug-likeness (QED) is 0.403. The van der Waals surface area contributed by atoms with Gasteiger partial charge in [0, 0.05) is 5.56 Å². The monoisotopic (exact) mass is 449 g/mol. The maximum atomic E-state index is 12.7. The van der Waals surface area contributed by atoms with Crippen LogP contribution in [-0.4, -0.2) is 20.5 Å². The molecule has 0 heterocycles. The lowest BCUT2D eigenvalue weighted by molar-refractivity contribution is -0.137. The summed E-state index contributed by atoms with van der Waals surface area (Å²) in [6.45, 7) is 0. The summed E-state index contributed by atoms with van der Waals surface area (Å²) < 4.78 is 95.2. The predicted octanol–water partition coefficient (Wildman–Crippen LogP) is 6.44. The SMILES string of the molecule is O=C(NS(O)(O)C(F)(F)F)c1ccc2c(-c3ccc(C(F)(F)F)cc3)cccc2c1. The van der Waals surface area contributed by atoms with E-state index in [4.69, 9.17) is 9.11 Å². The van der Waals surface area contributed by atoms with Gasteiger partial charge in [-0.15, -0.1) is 0 Å². The molecule has 0 aliphatic rings. The van der Waals surface area contributed by atoms with Gasteiger partial charge < -0.3 is 0 Å². The number of hydrogen-bond donors (Lipinski definition) is 3. The third kappa shape index (κ3) is 4.37. The number of rotatable bonds is 3. The molecule has 0 fully saturated rings. The molecule has 0 saturated heterocycles. The molecule has 160 valence electrons. The zero-order valence-corrected chi connectivity index (χ0v) is 15.6. The second kappa shape index (κ2) is 7.49. The van der Waals surface area contributed by atoms with Crippen LogP contribution in [0.5, 0.6) is 0 Å². The lowest BCUT2D eigenvalue weighted by atomic mass is 9.96. The van der Waals surface area contributed by atoms with E-state index >= 15 is 0 Å². The van der Waals surface area contributed by atoms with Crippen molar-refractivity contribution in [1.29, 1.82) is 0 Å². The van der Waals surface area contributed by atoms with Crippen LogP contribution in [0.2, 0.25) is 0 Å². The Morgan fingerprint density at radius 1 is 0.867 bits per heavy atom. The highest BCUT2D eigenvalue weighted by Gasteiger charge is 2.47. The van der Waals surface area contributed by atoms with Crippen molar-refractivity contribution in [3.05, 3.63) is 71.8 Å². The van der Waals surface area contributed by atoms with Crippen LogP contribution in [0.15, 0.2) is 60.7 Å². The number of nitrogens with one attached hydrogen (secondary N) is 1. The molecule has 0 aromatic heterocycles. The first-order valence-electron chi connectivity index (χ1n) is 8.16. The van der Waals surface area contributed by atoms with Gasteiger partial charge in [-0.25, -0.2) is 4.72 Å². The van der Waals surface area contributed by atoms with Crippen LogP contribution in [0.1, 0.15) is 15.9 Å². The van der Waals surface area contributed by atoms with Crippen molar-refractivity contribution < 1.29 is 40.2 Å². The van der Waals surface area contributed by atoms with Gasteiger partial charge in [-0.2, -0.15) is 26.3 Å². The molecule has 0 saturated carbocycles. The third-order valence-corrected chi connectivity index (χ3v) is 5.34. The second-order valence-corrected chi connectivity index (χ2v) is 8.01. The first-order valence-corrected chi connectivity index (χ1v) is 9.71. The molecule has 0 spiro atoms. The first kappa shape index (κ1) is 21.9. The molecule has 0 unspecified atom stereocenters. The molecule has 3 aromatic rings. The largest absolute Gasteiger partial charge is 0.514 e. The maximum Gasteiger partial charge on any atom is 0.514 e.